The molecule has 15 heavy (non-hydrogen) atoms. The Kier molecular flexibility index (Phi) is 12.4. The summed E-state index contributed by atoms with van der Waals surface area (Å²) in [6, 6.07) is 0. The molecule has 0 saturated heterocycles. The van der Waals surface area contributed by atoms with Gasteiger partial charge in [-0.25, -0.2) is 13.1 Å². The molecule has 0 spiro atoms. The van der Waals surface area contributed by atoms with Crippen molar-refractivity contribution in [3.05, 3.63) is 0 Å². The van der Waals surface area contributed by atoms with Crippen LogP contribution in [0.2, 0.25) is 0 Å². The maximum Gasteiger partial charge on any atom is 0.211 e. The summed E-state index contributed by atoms with van der Waals surface area (Å²) in [6.07, 6.45) is 0.645. The fraction of sp³-hybridized carbons (Fsp3) is 1.00. The second-order valence-corrected chi connectivity index (χ2v) is 4.88. The Morgan fingerprint density at radius 3 is 2.40 bits per heavy atom. The van der Waals surface area contributed by atoms with E-state index in [0.29, 0.717) is 26.1 Å². The number of hydrogen-bond donors (Lipinski definition) is 2. The molecular weight excluding hydrogens is 240 g/mol. The number of sulfonamides is 1. The van der Waals surface area contributed by atoms with Gasteiger partial charge in [-0.1, -0.05) is 6.92 Å². The van der Waals surface area contributed by atoms with Gasteiger partial charge in [0.25, 0.3) is 0 Å². The van der Waals surface area contributed by atoms with Crippen LogP contribution < -0.4 is 10.0 Å². The van der Waals surface area contributed by atoms with Crippen molar-refractivity contribution in [2.24, 2.45) is 0 Å². The van der Waals surface area contributed by atoms with Gasteiger partial charge < -0.3 is 10.1 Å². The maximum absolute atomic E-state index is 11.2. The lowest BCUT2D eigenvalue weighted by atomic mass is 10.6. The van der Waals surface area contributed by atoms with Gasteiger partial charge in [0, 0.05) is 26.7 Å². The van der Waals surface area contributed by atoms with Gasteiger partial charge in [-0.3, -0.25) is 0 Å². The lowest BCUT2D eigenvalue weighted by Crippen LogP contribution is -2.34. The van der Waals surface area contributed by atoms with Crippen molar-refractivity contribution in [1.29, 1.82) is 0 Å². The average Bonchev–Trinajstić information content (AvgIpc) is 2.11. The highest BCUT2D eigenvalue weighted by molar-refractivity contribution is 7.89. The Hall–Kier alpha value is 0.120. The smallest absolute Gasteiger partial charge is 0.211 e. The molecule has 2 N–H and O–H groups in total. The molecule has 0 unspecified atom stereocenters. The molecule has 0 aromatic heterocycles. The Morgan fingerprint density at radius 1 is 1.20 bits per heavy atom. The van der Waals surface area contributed by atoms with Gasteiger partial charge in [-0.15, -0.1) is 12.4 Å². The van der Waals surface area contributed by atoms with Crippen LogP contribution in [0, 0.1) is 0 Å². The van der Waals surface area contributed by atoms with E-state index in [4.69, 9.17) is 4.74 Å². The van der Waals surface area contributed by atoms with E-state index in [0.717, 1.165) is 6.54 Å². The molecule has 0 heterocycles. The van der Waals surface area contributed by atoms with E-state index in [1.807, 2.05) is 6.92 Å². The van der Waals surface area contributed by atoms with E-state index in [1.165, 1.54) is 0 Å². The normalized spacial score (nSPS) is 11.1. The molecule has 0 atom stereocenters. The predicted molar refractivity (Wildman–Crippen MR) is 64.1 cm³/mol. The predicted octanol–water partition coefficient (Wildman–Crippen LogP) is -0.0264. The SMILES string of the molecule is CCCS(=O)(=O)NCCNCCOC.Cl. The number of methoxy groups -OCH3 is 1. The minimum Gasteiger partial charge on any atom is -0.383 e. The minimum atomic E-state index is -3.05. The van der Waals surface area contributed by atoms with Crippen LogP contribution in [0.25, 0.3) is 0 Å². The number of nitrogens with one attached hydrogen (secondary N) is 2. The zero-order valence-corrected chi connectivity index (χ0v) is 10.9. The van der Waals surface area contributed by atoms with Crippen molar-refractivity contribution in [1.82, 2.24) is 10.0 Å². The third kappa shape index (κ3) is 12.0. The van der Waals surface area contributed by atoms with Crippen molar-refractivity contribution in [2.45, 2.75) is 13.3 Å². The first-order chi connectivity index (χ1) is 6.62. The fourth-order valence-electron chi connectivity index (χ4n) is 0.935. The van der Waals surface area contributed by atoms with Crippen LogP contribution in [0.1, 0.15) is 13.3 Å². The van der Waals surface area contributed by atoms with Crippen LogP contribution in [-0.4, -0.2) is 47.5 Å². The molecule has 0 aromatic carbocycles. The lowest BCUT2D eigenvalue weighted by Gasteiger charge is -2.06. The summed E-state index contributed by atoms with van der Waals surface area (Å²) in [6.45, 7) is 4.29. The van der Waals surface area contributed by atoms with Gasteiger partial charge in [0.05, 0.1) is 12.4 Å². The van der Waals surface area contributed by atoms with Crippen LogP contribution in [0.4, 0.5) is 0 Å². The first kappa shape index (κ1) is 17.5. The molecule has 0 aromatic rings. The van der Waals surface area contributed by atoms with Gasteiger partial charge in [0.2, 0.25) is 10.0 Å². The van der Waals surface area contributed by atoms with Gasteiger partial charge in [-0.05, 0) is 6.42 Å². The molecule has 0 saturated carbocycles. The number of hydrogen-bond acceptors (Lipinski definition) is 4. The molecule has 0 rings (SSSR count). The van der Waals surface area contributed by atoms with E-state index in [-0.39, 0.29) is 18.2 Å². The van der Waals surface area contributed by atoms with Crippen molar-refractivity contribution in [3.63, 3.8) is 0 Å². The standard InChI is InChI=1S/C8H20N2O3S.ClH/c1-3-8-14(11,12)10-5-4-9-6-7-13-2;/h9-10H,3-8H2,1-2H3;1H. The molecular formula is C8H21ClN2O3S. The summed E-state index contributed by atoms with van der Waals surface area (Å²) in [7, 11) is -1.42. The molecule has 94 valence electrons. The molecule has 0 amide bonds. The Bertz CT molecular complexity index is 222. The third-order valence-corrected chi connectivity index (χ3v) is 3.17. The van der Waals surface area contributed by atoms with E-state index < -0.39 is 10.0 Å². The number of halogens is 1. The highest BCUT2D eigenvalue weighted by atomic mass is 35.5. The Morgan fingerprint density at radius 2 is 1.87 bits per heavy atom. The summed E-state index contributed by atoms with van der Waals surface area (Å²) >= 11 is 0. The second-order valence-electron chi connectivity index (χ2n) is 2.96. The average molecular weight is 261 g/mol. The van der Waals surface area contributed by atoms with E-state index in [9.17, 15) is 8.42 Å². The first-order valence-corrected chi connectivity index (χ1v) is 6.44. The third-order valence-electron chi connectivity index (χ3n) is 1.58. The first-order valence-electron chi connectivity index (χ1n) is 4.79. The lowest BCUT2D eigenvalue weighted by molar-refractivity contribution is 0.199. The van der Waals surface area contributed by atoms with Gasteiger partial charge in [0.1, 0.15) is 0 Å². The van der Waals surface area contributed by atoms with Crippen molar-refractivity contribution in [2.75, 3.05) is 39.1 Å². The fourth-order valence-corrected chi connectivity index (χ4v) is 2.03. The summed E-state index contributed by atoms with van der Waals surface area (Å²) in [4.78, 5) is 0. The van der Waals surface area contributed by atoms with Gasteiger partial charge in [0.15, 0.2) is 0 Å². The molecule has 7 heteroatoms. The number of ether oxygens (including phenoxy) is 1. The Balaban J connectivity index is 0. The summed E-state index contributed by atoms with van der Waals surface area (Å²) in [5.74, 6) is 0.199. The van der Waals surface area contributed by atoms with Crippen molar-refractivity contribution in [3.8, 4) is 0 Å². The van der Waals surface area contributed by atoms with Crippen LogP contribution in [0.3, 0.4) is 0 Å². The zero-order valence-electron chi connectivity index (χ0n) is 9.28. The minimum absolute atomic E-state index is 0. The van der Waals surface area contributed by atoms with E-state index >= 15 is 0 Å². The van der Waals surface area contributed by atoms with E-state index in [1.54, 1.807) is 7.11 Å². The highest BCUT2D eigenvalue weighted by Gasteiger charge is 2.05. The molecule has 0 fully saturated rings. The Labute approximate surface area is 98.4 Å². The van der Waals surface area contributed by atoms with Crippen LogP contribution in [-0.2, 0) is 14.8 Å². The topological polar surface area (TPSA) is 67.4 Å². The second kappa shape index (κ2) is 10.6. The zero-order chi connectivity index (χ0) is 10.9. The number of rotatable bonds is 9. The van der Waals surface area contributed by atoms with Crippen molar-refractivity contribution < 1.29 is 13.2 Å². The summed E-state index contributed by atoms with van der Waals surface area (Å²) in [5.41, 5.74) is 0. The van der Waals surface area contributed by atoms with E-state index in [2.05, 4.69) is 10.0 Å². The van der Waals surface area contributed by atoms with Gasteiger partial charge >= 0.3 is 0 Å². The molecule has 0 aliphatic rings. The molecule has 0 aliphatic carbocycles. The molecule has 5 nitrogen and oxygen atoms in total. The van der Waals surface area contributed by atoms with Crippen LogP contribution in [0.5, 0.6) is 0 Å². The molecule has 0 bridgehead atoms. The quantitative estimate of drug-likeness (QED) is 0.572. The maximum atomic E-state index is 11.2. The van der Waals surface area contributed by atoms with Gasteiger partial charge in [-0.2, -0.15) is 0 Å². The molecule has 0 aliphatic heterocycles. The largest absolute Gasteiger partial charge is 0.383 e. The monoisotopic (exact) mass is 260 g/mol. The highest BCUT2D eigenvalue weighted by Crippen LogP contribution is 1.86. The van der Waals surface area contributed by atoms with Crippen LogP contribution in [0.15, 0.2) is 0 Å². The van der Waals surface area contributed by atoms with Crippen LogP contribution >= 0.6 is 12.4 Å². The molecule has 0 radical (unpaired) electrons. The summed E-state index contributed by atoms with van der Waals surface area (Å²) in [5, 5.41) is 3.05. The van der Waals surface area contributed by atoms with Crippen molar-refractivity contribution >= 4 is 22.4 Å². The summed E-state index contributed by atoms with van der Waals surface area (Å²) < 4.78 is 29.6.